The first-order chi connectivity index (χ1) is 13.9. The van der Waals surface area contributed by atoms with Crippen molar-refractivity contribution in [2.45, 2.75) is 19.8 Å². The average molecular weight is 454 g/mol. The van der Waals surface area contributed by atoms with Crippen LogP contribution in [0.2, 0.25) is 0 Å². The number of nitrogens with zero attached hydrogens (tertiary/aromatic N) is 2. The number of rotatable bonds is 3. The predicted molar refractivity (Wildman–Crippen MR) is 116 cm³/mol. The quantitative estimate of drug-likeness (QED) is 0.562. The van der Waals surface area contributed by atoms with Gasteiger partial charge in [-0.3, -0.25) is 14.9 Å². The fraction of sp³-hybridized carbons (Fsp3) is 0.227. The van der Waals surface area contributed by atoms with Gasteiger partial charge in [-0.1, -0.05) is 22.0 Å². The van der Waals surface area contributed by atoms with Gasteiger partial charge in [-0.05, 0) is 73.4 Å². The molecule has 6 nitrogen and oxygen atoms in total. The van der Waals surface area contributed by atoms with Crippen molar-refractivity contribution in [1.29, 1.82) is 0 Å². The summed E-state index contributed by atoms with van der Waals surface area (Å²) in [6, 6.07) is 11.9. The molecular formula is C22H20BrN3O3. The summed E-state index contributed by atoms with van der Waals surface area (Å²) in [5.74, 6) is -1.32. The van der Waals surface area contributed by atoms with E-state index in [1.807, 2.05) is 25.1 Å². The molecule has 29 heavy (non-hydrogen) atoms. The number of aryl methyl sites for hydroxylation is 1. The number of imide groups is 2. The SMILES string of the molecule is Cc1cc(C=C2C(=O)NC(=O)N(c3ccc(Br)cc3)C2=O)ccc1N1CCCC1. The highest BCUT2D eigenvalue weighted by Gasteiger charge is 2.36. The molecule has 0 aromatic heterocycles. The Kier molecular flexibility index (Phi) is 5.24. The molecule has 2 aromatic carbocycles. The van der Waals surface area contributed by atoms with Crippen LogP contribution in [-0.4, -0.2) is 30.9 Å². The number of hydrogen-bond acceptors (Lipinski definition) is 4. The second kappa shape index (κ2) is 7.83. The Morgan fingerprint density at radius 3 is 2.34 bits per heavy atom. The largest absolute Gasteiger partial charge is 0.371 e. The third kappa shape index (κ3) is 3.82. The summed E-state index contributed by atoms with van der Waals surface area (Å²) >= 11 is 3.33. The number of carbonyl (C=O) groups is 3. The van der Waals surface area contributed by atoms with Crippen LogP contribution in [0.15, 0.2) is 52.5 Å². The highest BCUT2D eigenvalue weighted by Crippen LogP contribution is 2.27. The maximum absolute atomic E-state index is 13.0. The number of hydrogen-bond donors (Lipinski definition) is 1. The lowest BCUT2D eigenvalue weighted by Crippen LogP contribution is -2.54. The normalized spacial score (nSPS) is 18.6. The highest BCUT2D eigenvalue weighted by atomic mass is 79.9. The Labute approximate surface area is 177 Å². The second-order valence-corrected chi connectivity index (χ2v) is 8.09. The Bertz CT molecular complexity index is 1020. The summed E-state index contributed by atoms with van der Waals surface area (Å²) < 4.78 is 0.825. The topological polar surface area (TPSA) is 69.7 Å². The van der Waals surface area contributed by atoms with Crippen molar-refractivity contribution in [3.8, 4) is 0 Å². The van der Waals surface area contributed by atoms with Crippen LogP contribution in [0, 0.1) is 6.92 Å². The zero-order chi connectivity index (χ0) is 20.5. The summed E-state index contributed by atoms with van der Waals surface area (Å²) in [4.78, 5) is 40.9. The number of barbiturate groups is 1. The molecule has 148 valence electrons. The van der Waals surface area contributed by atoms with E-state index in [0.717, 1.165) is 33.6 Å². The number of benzene rings is 2. The molecule has 2 fully saturated rings. The van der Waals surface area contributed by atoms with Crippen molar-refractivity contribution in [2.75, 3.05) is 22.9 Å². The Morgan fingerprint density at radius 1 is 1.00 bits per heavy atom. The van der Waals surface area contributed by atoms with Gasteiger partial charge < -0.3 is 4.90 Å². The number of halogens is 1. The van der Waals surface area contributed by atoms with E-state index >= 15 is 0 Å². The lowest BCUT2D eigenvalue weighted by molar-refractivity contribution is -0.122. The van der Waals surface area contributed by atoms with Crippen LogP contribution in [0.3, 0.4) is 0 Å². The molecule has 2 aromatic rings. The zero-order valence-electron chi connectivity index (χ0n) is 15.9. The first kappa shape index (κ1) is 19.4. The fourth-order valence-electron chi connectivity index (χ4n) is 3.73. The maximum Gasteiger partial charge on any atom is 0.335 e. The molecule has 7 heteroatoms. The van der Waals surface area contributed by atoms with Crippen LogP contribution in [0.5, 0.6) is 0 Å². The van der Waals surface area contributed by atoms with Gasteiger partial charge in [-0.2, -0.15) is 0 Å². The van der Waals surface area contributed by atoms with Crippen molar-refractivity contribution in [1.82, 2.24) is 5.32 Å². The second-order valence-electron chi connectivity index (χ2n) is 7.17. The fourth-order valence-corrected chi connectivity index (χ4v) is 3.99. The number of carbonyl (C=O) groups excluding carboxylic acids is 3. The molecule has 0 aliphatic carbocycles. The zero-order valence-corrected chi connectivity index (χ0v) is 17.5. The highest BCUT2D eigenvalue weighted by molar-refractivity contribution is 9.10. The van der Waals surface area contributed by atoms with Gasteiger partial charge in [0.1, 0.15) is 5.57 Å². The summed E-state index contributed by atoms with van der Waals surface area (Å²) in [5.41, 5.74) is 3.34. The molecule has 2 saturated heterocycles. The van der Waals surface area contributed by atoms with E-state index in [2.05, 4.69) is 26.1 Å². The molecule has 0 atom stereocenters. The molecule has 4 rings (SSSR count). The first-order valence-electron chi connectivity index (χ1n) is 9.46. The lowest BCUT2D eigenvalue weighted by atomic mass is 10.0. The van der Waals surface area contributed by atoms with Gasteiger partial charge in [0.05, 0.1) is 5.69 Å². The van der Waals surface area contributed by atoms with Crippen molar-refractivity contribution in [3.05, 3.63) is 63.6 Å². The van der Waals surface area contributed by atoms with E-state index < -0.39 is 17.8 Å². The summed E-state index contributed by atoms with van der Waals surface area (Å²) in [7, 11) is 0. The minimum atomic E-state index is -0.750. The first-order valence-corrected chi connectivity index (χ1v) is 10.3. The monoisotopic (exact) mass is 453 g/mol. The summed E-state index contributed by atoms with van der Waals surface area (Å²) in [6.07, 6.45) is 3.93. The molecular weight excluding hydrogens is 434 g/mol. The predicted octanol–water partition coefficient (Wildman–Crippen LogP) is 4.02. The van der Waals surface area contributed by atoms with Gasteiger partial charge in [-0.15, -0.1) is 0 Å². The standard InChI is InChI=1S/C22H20BrN3O3/c1-14-12-15(4-9-19(14)25-10-2-3-11-25)13-18-20(27)24-22(29)26(21(18)28)17-7-5-16(23)6-8-17/h4-9,12-13H,2-3,10-11H2,1H3,(H,24,27,29). The van der Waals surface area contributed by atoms with Crippen LogP contribution in [0.4, 0.5) is 16.2 Å². The van der Waals surface area contributed by atoms with Crippen LogP contribution >= 0.6 is 15.9 Å². The van der Waals surface area contributed by atoms with Gasteiger partial charge >= 0.3 is 6.03 Å². The van der Waals surface area contributed by atoms with E-state index in [0.29, 0.717) is 5.69 Å². The van der Waals surface area contributed by atoms with Crippen LogP contribution in [0.25, 0.3) is 6.08 Å². The molecule has 0 radical (unpaired) electrons. The molecule has 2 aliphatic heterocycles. The number of urea groups is 1. The minimum absolute atomic E-state index is 0.0687. The van der Waals surface area contributed by atoms with E-state index in [9.17, 15) is 14.4 Å². The van der Waals surface area contributed by atoms with Gasteiger partial charge in [0.2, 0.25) is 0 Å². The van der Waals surface area contributed by atoms with Gasteiger partial charge in [0, 0.05) is 23.2 Å². The molecule has 0 unspecified atom stereocenters. The van der Waals surface area contributed by atoms with Crippen LogP contribution in [-0.2, 0) is 9.59 Å². The minimum Gasteiger partial charge on any atom is -0.371 e. The van der Waals surface area contributed by atoms with E-state index in [-0.39, 0.29) is 5.57 Å². The molecule has 0 bridgehead atoms. The van der Waals surface area contributed by atoms with Gasteiger partial charge in [0.15, 0.2) is 0 Å². The lowest BCUT2D eigenvalue weighted by Gasteiger charge is -2.26. The van der Waals surface area contributed by atoms with Crippen molar-refractivity contribution < 1.29 is 14.4 Å². The summed E-state index contributed by atoms with van der Waals surface area (Å²) in [5, 5.41) is 2.25. The van der Waals surface area contributed by atoms with Crippen molar-refractivity contribution in [2.24, 2.45) is 0 Å². The molecule has 4 amide bonds. The molecule has 0 saturated carbocycles. The Morgan fingerprint density at radius 2 is 1.69 bits per heavy atom. The van der Waals surface area contributed by atoms with E-state index in [1.54, 1.807) is 24.3 Å². The van der Waals surface area contributed by atoms with E-state index in [1.165, 1.54) is 24.6 Å². The molecule has 1 N–H and O–H groups in total. The van der Waals surface area contributed by atoms with Crippen LogP contribution in [0.1, 0.15) is 24.0 Å². The van der Waals surface area contributed by atoms with Crippen molar-refractivity contribution >= 4 is 51.2 Å². The third-order valence-corrected chi connectivity index (χ3v) is 5.69. The molecule has 0 spiro atoms. The van der Waals surface area contributed by atoms with Crippen LogP contribution < -0.4 is 15.1 Å². The number of anilines is 2. The Hall–Kier alpha value is -2.93. The number of nitrogens with one attached hydrogen (secondary N) is 1. The maximum atomic E-state index is 13.0. The van der Waals surface area contributed by atoms with E-state index in [4.69, 9.17) is 0 Å². The van der Waals surface area contributed by atoms with Crippen molar-refractivity contribution in [3.63, 3.8) is 0 Å². The number of amides is 4. The average Bonchev–Trinajstić information content (AvgIpc) is 3.21. The Balaban J connectivity index is 1.65. The summed E-state index contributed by atoms with van der Waals surface area (Å²) in [6.45, 7) is 4.12. The van der Waals surface area contributed by atoms with Gasteiger partial charge in [0.25, 0.3) is 11.8 Å². The molecule has 2 heterocycles. The third-order valence-electron chi connectivity index (χ3n) is 5.17. The molecule has 2 aliphatic rings. The smallest absolute Gasteiger partial charge is 0.335 e. The van der Waals surface area contributed by atoms with Gasteiger partial charge in [-0.25, -0.2) is 9.69 Å².